The van der Waals surface area contributed by atoms with Crippen LogP contribution in [0, 0.1) is 6.92 Å². The molecule has 0 saturated heterocycles. The second-order valence-corrected chi connectivity index (χ2v) is 19.0. The lowest BCUT2D eigenvalue weighted by Crippen LogP contribution is -1.99. The Morgan fingerprint density at radius 2 is 0.575 bits per heavy atom. The van der Waals surface area contributed by atoms with Gasteiger partial charge >= 0.3 is 0 Å². The molecule has 0 fully saturated rings. The van der Waals surface area contributed by atoms with Crippen molar-refractivity contribution in [1.29, 1.82) is 0 Å². The standard InChI is InChI=1S/C69H46N4/c1-45-15-14-24-62-67(45)71-69(51-27-35-57(36-28-51)73-65-39-31-54(48-20-10-4-11-21-48)43-60(65)61-44-55(32-40-66(61)73)49-22-12-5-13-23-49)68(70-62)50-25-33-56(34-26-50)72-63-37-29-52(46-16-6-2-7-17-46)41-58(63)59-42-53(30-38-64(59)72)47-18-8-3-9-19-47/h2-44H,1H3. The van der Waals surface area contributed by atoms with Gasteiger partial charge < -0.3 is 9.13 Å². The molecule has 14 rings (SSSR count). The van der Waals surface area contributed by atoms with Crippen molar-refractivity contribution in [2.75, 3.05) is 0 Å². The number of hydrogen-bond acceptors (Lipinski definition) is 2. The third-order valence-corrected chi connectivity index (χ3v) is 14.7. The first kappa shape index (κ1) is 42.3. The lowest BCUT2D eigenvalue weighted by molar-refractivity contribution is 1.18. The summed E-state index contributed by atoms with van der Waals surface area (Å²) in [5.74, 6) is 0. The Morgan fingerprint density at radius 1 is 0.260 bits per heavy atom. The maximum Gasteiger partial charge on any atom is 0.0973 e. The zero-order valence-electron chi connectivity index (χ0n) is 40.1. The molecule has 0 saturated carbocycles. The van der Waals surface area contributed by atoms with Crippen LogP contribution in [0.25, 0.3) is 133 Å². The van der Waals surface area contributed by atoms with Gasteiger partial charge in [0, 0.05) is 44.0 Å². The molecule has 0 bridgehead atoms. The number of fused-ring (bicyclic) bond motifs is 7. The minimum atomic E-state index is 0.846. The first-order valence-electron chi connectivity index (χ1n) is 25.0. The highest BCUT2D eigenvalue weighted by atomic mass is 15.0. The van der Waals surface area contributed by atoms with Crippen molar-refractivity contribution in [3.8, 4) is 78.4 Å². The van der Waals surface area contributed by atoms with Gasteiger partial charge in [-0.05, 0) is 136 Å². The second kappa shape index (κ2) is 17.3. The van der Waals surface area contributed by atoms with E-state index in [1.807, 2.05) is 0 Å². The number of aromatic nitrogens is 4. The van der Waals surface area contributed by atoms with Gasteiger partial charge in [0.05, 0.1) is 44.5 Å². The summed E-state index contributed by atoms with van der Waals surface area (Å²) in [5.41, 5.74) is 23.0. The molecule has 11 aromatic carbocycles. The number of nitrogens with zero attached hydrogens (tertiary/aromatic N) is 4. The van der Waals surface area contributed by atoms with Crippen LogP contribution in [0.2, 0.25) is 0 Å². The van der Waals surface area contributed by atoms with Crippen LogP contribution in [0.5, 0.6) is 0 Å². The van der Waals surface area contributed by atoms with E-state index < -0.39 is 0 Å². The van der Waals surface area contributed by atoms with Gasteiger partial charge in [0.25, 0.3) is 0 Å². The quantitative estimate of drug-likeness (QED) is 0.152. The molecule has 3 aromatic heterocycles. The summed E-state index contributed by atoms with van der Waals surface area (Å²) in [4.78, 5) is 10.8. The molecular formula is C69H46N4. The third-order valence-electron chi connectivity index (χ3n) is 14.7. The van der Waals surface area contributed by atoms with E-state index in [2.05, 4.69) is 277 Å². The maximum atomic E-state index is 5.44. The number of aryl methyl sites for hydroxylation is 1. The van der Waals surface area contributed by atoms with Crippen LogP contribution in [-0.2, 0) is 0 Å². The van der Waals surface area contributed by atoms with Crippen LogP contribution >= 0.6 is 0 Å². The molecule has 342 valence electrons. The monoisotopic (exact) mass is 930 g/mol. The molecule has 4 nitrogen and oxygen atoms in total. The third kappa shape index (κ3) is 7.30. The predicted molar refractivity (Wildman–Crippen MR) is 306 cm³/mol. The van der Waals surface area contributed by atoms with E-state index >= 15 is 0 Å². The van der Waals surface area contributed by atoms with Gasteiger partial charge in [-0.15, -0.1) is 0 Å². The predicted octanol–water partition coefficient (Wildman–Crippen LogP) is 18.1. The SMILES string of the molecule is Cc1cccc2nc(-c3ccc(-n4c5ccc(-c6ccccc6)cc5c5cc(-c6ccccc6)ccc54)cc3)c(-c3ccc(-n4c5ccc(-c6ccccc6)cc5c5cc(-c6ccccc6)ccc54)cc3)nc12. The van der Waals surface area contributed by atoms with E-state index in [4.69, 9.17) is 9.97 Å². The van der Waals surface area contributed by atoms with Crippen LogP contribution < -0.4 is 0 Å². The summed E-state index contributed by atoms with van der Waals surface area (Å²) in [7, 11) is 0. The smallest absolute Gasteiger partial charge is 0.0973 e. The molecule has 0 aliphatic carbocycles. The number of benzene rings is 11. The first-order valence-corrected chi connectivity index (χ1v) is 25.0. The molecule has 0 radical (unpaired) electrons. The highest BCUT2D eigenvalue weighted by Gasteiger charge is 2.20. The fraction of sp³-hybridized carbons (Fsp3) is 0.0145. The van der Waals surface area contributed by atoms with E-state index in [9.17, 15) is 0 Å². The zero-order valence-corrected chi connectivity index (χ0v) is 40.1. The van der Waals surface area contributed by atoms with E-state index in [1.54, 1.807) is 0 Å². The van der Waals surface area contributed by atoms with Gasteiger partial charge in [0.15, 0.2) is 0 Å². The largest absolute Gasteiger partial charge is 0.309 e. The summed E-state index contributed by atoms with van der Waals surface area (Å²) >= 11 is 0. The summed E-state index contributed by atoms with van der Waals surface area (Å²) in [5, 5.41) is 4.87. The van der Waals surface area contributed by atoms with Crippen LogP contribution in [0.3, 0.4) is 0 Å². The Hall–Kier alpha value is -9.64. The first-order chi connectivity index (χ1) is 36.1. The van der Waals surface area contributed by atoms with Gasteiger partial charge in [-0.25, -0.2) is 9.97 Å². The summed E-state index contributed by atoms with van der Waals surface area (Å²) in [6.07, 6.45) is 0. The van der Waals surface area contributed by atoms with Gasteiger partial charge in [0.2, 0.25) is 0 Å². The zero-order chi connectivity index (χ0) is 48.4. The van der Waals surface area contributed by atoms with E-state index in [0.29, 0.717) is 0 Å². The number of para-hydroxylation sites is 1. The molecule has 4 heteroatoms. The van der Waals surface area contributed by atoms with Crippen molar-refractivity contribution >= 4 is 54.6 Å². The fourth-order valence-corrected chi connectivity index (χ4v) is 11.0. The summed E-state index contributed by atoms with van der Waals surface area (Å²) in [6.45, 7) is 2.12. The van der Waals surface area contributed by atoms with Crippen molar-refractivity contribution in [3.05, 3.63) is 266 Å². The van der Waals surface area contributed by atoms with E-state index in [1.165, 1.54) is 66.1 Å². The van der Waals surface area contributed by atoms with Crippen molar-refractivity contribution in [1.82, 2.24) is 19.1 Å². The van der Waals surface area contributed by atoms with Crippen LogP contribution in [0.15, 0.2) is 261 Å². The molecule has 0 amide bonds. The molecule has 0 aliphatic heterocycles. The molecule has 0 atom stereocenters. The molecule has 14 aromatic rings. The molecular weight excluding hydrogens is 885 g/mol. The Bertz CT molecular complexity index is 4190. The normalized spacial score (nSPS) is 11.6. The second-order valence-electron chi connectivity index (χ2n) is 19.0. The lowest BCUT2D eigenvalue weighted by atomic mass is 10.0. The minimum absolute atomic E-state index is 0.846. The van der Waals surface area contributed by atoms with E-state index in [0.717, 1.165) is 72.6 Å². The summed E-state index contributed by atoms with van der Waals surface area (Å²) < 4.78 is 4.79. The molecule has 0 N–H and O–H groups in total. The fourth-order valence-electron chi connectivity index (χ4n) is 11.0. The molecule has 0 aliphatic rings. The van der Waals surface area contributed by atoms with Gasteiger partial charge in [-0.2, -0.15) is 0 Å². The maximum absolute atomic E-state index is 5.44. The van der Waals surface area contributed by atoms with Gasteiger partial charge in [-0.3, -0.25) is 0 Å². The van der Waals surface area contributed by atoms with Crippen molar-refractivity contribution in [2.24, 2.45) is 0 Å². The van der Waals surface area contributed by atoms with Crippen molar-refractivity contribution in [2.45, 2.75) is 6.92 Å². The average molecular weight is 931 g/mol. The van der Waals surface area contributed by atoms with Crippen molar-refractivity contribution in [3.63, 3.8) is 0 Å². The van der Waals surface area contributed by atoms with Crippen LogP contribution in [-0.4, -0.2) is 19.1 Å². The Balaban J connectivity index is 0.883. The van der Waals surface area contributed by atoms with Crippen molar-refractivity contribution < 1.29 is 0 Å². The van der Waals surface area contributed by atoms with Crippen LogP contribution in [0.4, 0.5) is 0 Å². The van der Waals surface area contributed by atoms with Gasteiger partial charge in [0.1, 0.15) is 0 Å². The Labute approximate surface area is 423 Å². The highest BCUT2D eigenvalue weighted by molar-refractivity contribution is 6.13. The van der Waals surface area contributed by atoms with E-state index in [-0.39, 0.29) is 0 Å². The minimum Gasteiger partial charge on any atom is -0.309 e. The van der Waals surface area contributed by atoms with Crippen LogP contribution in [0.1, 0.15) is 5.56 Å². The lowest BCUT2D eigenvalue weighted by Gasteiger charge is -2.14. The Kier molecular flexibility index (Phi) is 10.0. The average Bonchev–Trinajstić information content (AvgIpc) is 3.98. The molecule has 0 unspecified atom stereocenters. The number of hydrogen-bond donors (Lipinski definition) is 0. The topological polar surface area (TPSA) is 35.6 Å². The Morgan fingerprint density at radius 3 is 0.918 bits per heavy atom. The molecule has 73 heavy (non-hydrogen) atoms. The number of rotatable bonds is 8. The molecule has 3 heterocycles. The molecule has 0 spiro atoms. The van der Waals surface area contributed by atoms with Gasteiger partial charge in [-0.1, -0.05) is 182 Å². The summed E-state index contributed by atoms with van der Waals surface area (Å²) in [6, 6.07) is 94.1. The highest BCUT2D eigenvalue weighted by Crippen LogP contribution is 2.41.